The molecule has 0 radical (unpaired) electrons. The number of benzene rings is 2. The first-order valence-corrected chi connectivity index (χ1v) is 12.8. The molecule has 2 saturated heterocycles. The normalized spacial score (nSPS) is 22.8. The van der Waals surface area contributed by atoms with Crippen LogP contribution in [0.25, 0.3) is 0 Å². The van der Waals surface area contributed by atoms with Crippen molar-refractivity contribution >= 4 is 11.9 Å². The summed E-state index contributed by atoms with van der Waals surface area (Å²) in [5.41, 5.74) is 0.817. The van der Waals surface area contributed by atoms with E-state index in [0.29, 0.717) is 25.3 Å². The molecule has 1 unspecified atom stereocenters. The topological polar surface area (TPSA) is 71.1 Å². The largest absolute Gasteiger partial charge is 0.486 e. The molecule has 0 aliphatic carbocycles. The molecule has 1 N–H and O–H groups in total. The molecule has 3 heterocycles. The van der Waals surface area contributed by atoms with E-state index in [1.54, 1.807) is 6.07 Å². The molecule has 2 aromatic rings. The zero-order valence-corrected chi connectivity index (χ0v) is 21.0. The molecule has 0 aromatic heterocycles. The van der Waals surface area contributed by atoms with Crippen molar-refractivity contribution in [1.82, 2.24) is 15.1 Å². The van der Waals surface area contributed by atoms with Gasteiger partial charge in [-0.2, -0.15) is 0 Å². The third-order valence-corrected chi connectivity index (χ3v) is 7.42. The summed E-state index contributed by atoms with van der Waals surface area (Å²) in [5.74, 6) is 1.17. The first-order valence-electron chi connectivity index (χ1n) is 12.8. The third kappa shape index (κ3) is 4.91. The van der Waals surface area contributed by atoms with Crippen molar-refractivity contribution in [3.8, 4) is 11.5 Å². The standard InChI is InChI=1S/C28H34FN3O4/c1-19(2)17-32-26(33)28(30-27(32)34,16-20-4-3-5-23(29)14-20)22-8-10-31(11-9-22)18-21-6-7-24-25(15-21)36-13-12-35-24/h3-7,14-15,19,22H,8-13,16-18H2,1-2H3,(H,30,34). The maximum atomic E-state index is 14.0. The fraction of sp³-hybridized carbons (Fsp3) is 0.500. The third-order valence-electron chi connectivity index (χ3n) is 7.42. The SMILES string of the molecule is CC(C)CN1C(=O)NC(Cc2cccc(F)c2)(C2CCN(Cc3ccc4c(c3)OCCO4)CC2)C1=O. The van der Waals surface area contributed by atoms with Gasteiger partial charge in [0.05, 0.1) is 0 Å². The van der Waals surface area contributed by atoms with Crippen molar-refractivity contribution in [1.29, 1.82) is 0 Å². The fourth-order valence-electron chi connectivity index (χ4n) is 5.71. The number of nitrogens with one attached hydrogen (secondary N) is 1. The lowest BCUT2D eigenvalue weighted by atomic mass is 9.73. The number of ether oxygens (including phenoxy) is 2. The molecule has 0 spiro atoms. The minimum atomic E-state index is -1.05. The number of imide groups is 1. The summed E-state index contributed by atoms with van der Waals surface area (Å²) in [6, 6.07) is 12.1. The number of nitrogens with zero attached hydrogens (tertiary/aromatic N) is 2. The highest BCUT2D eigenvalue weighted by molar-refractivity contribution is 6.07. The Morgan fingerprint density at radius 1 is 1.03 bits per heavy atom. The van der Waals surface area contributed by atoms with E-state index in [1.165, 1.54) is 17.0 Å². The summed E-state index contributed by atoms with van der Waals surface area (Å²) in [6.07, 6.45) is 1.82. The first-order chi connectivity index (χ1) is 17.3. The summed E-state index contributed by atoms with van der Waals surface area (Å²) >= 11 is 0. The lowest BCUT2D eigenvalue weighted by Gasteiger charge is -2.41. The zero-order valence-electron chi connectivity index (χ0n) is 21.0. The Balaban J connectivity index is 1.32. The van der Waals surface area contributed by atoms with Crippen LogP contribution in [0.2, 0.25) is 0 Å². The highest BCUT2D eigenvalue weighted by Gasteiger charge is 2.55. The second-order valence-corrected chi connectivity index (χ2v) is 10.5. The zero-order chi connectivity index (χ0) is 25.3. The molecule has 3 amide bonds. The minimum absolute atomic E-state index is 0.0362. The van der Waals surface area contributed by atoms with Gasteiger partial charge in [0.25, 0.3) is 5.91 Å². The second kappa shape index (κ2) is 10.1. The lowest BCUT2D eigenvalue weighted by molar-refractivity contribution is -0.134. The summed E-state index contributed by atoms with van der Waals surface area (Å²) < 4.78 is 25.3. The van der Waals surface area contributed by atoms with Crippen LogP contribution in [0, 0.1) is 17.7 Å². The number of amides is 3. The van der Waals surface area contributed by atoms with Crippen molar-refractivity contribution in [2.75, 3.05) is 32.8 Å². The summed E-state index contributed by atoms with van der Waals surface area (Å²) in [5, 5.41) is 3.08. The van der Waals surface area contributed by atoms with Gasteiger partial charge < -0.3 is 14.8 Å². The molecule has 2 fully saturated rings. The van der Waals surface area contributed by atoms with Gasteiger partial charge in [0.2, 0.25) is 0 Å². The van der Waals surface area contributed by atoms with E-state index in [0.717, 1.165) is 49.5 Å². The van der Waals surface area contributed by atoms with Crippen LogP contribution in [0.3, 0.4) is 0 Å². The highest BCUT2D eigenvalue weighted by Crippen LogP contribution is 2.38. The van der Waals surface area contributed by atoms with Gasteiger partial charge in [-0.25, -0.2) is 9.18 Å². The second-order valence-electron chi connectivity index (χ2n) is 10.5. The summed E-state index contributed by atoms with van der Waals surface area (Å²) in [7, 11) is 0. The minimum Gasteiger partial charge on any atom is -0.486 e. The van der Waals surface area contributed by atoms with E-state index >= 15 is 0 Å². The van der Waals surface area contributed by atoms with Crippen LogP contribution < -0.4 is 14.8 Å². The number of hydrogen-bond donors (Lipinski definition) is 1. The van der Waals surface area contributed by atoms with Crippen LogP contribution in [0.5, 0.6) is 11.5 Å². The number of fused-ring (bicyclic) bond motifs is 1. The molecule has 2 aromatic carbocycles. The molecule has 0 saturated carbocycles. The molecular weight excluding hydrogens is 461 g/mol. The predicted octanol–water partition coefficient (Wildman–Crippen LogP) is 4.00. The molecule has 7 nitrogen and oxygen atoms in total. The number of carbonyl (C=O) groups is 2. The monoisotopic (exact) mass is 495 g/mol. The Morgan fingerprint density at radius 3 is 2.50 bits per heavy atom. The van der Waals surface area contributed by atoms with E-state index in [4.69, 9.17) is 9.47 Å². The molecular formula is C28H34FN3O4. The van der Waals surface area contributed by atoms with Gasteiger partial charge in [-0.1, -0.05) is 32.0 Å². The first kappa shape index (κ1) is 24.6. The van der Waals surface area contributed by atoms with E-state index in [9.17, 15) is 14.0 Å². The Morgan fingerprint density at radius 2 is 1.78 bits per heavy atom. The van der Waals surface area contributed by atoms with Gasteiger partial charge in [-0.3, -0.25) is 14.6 Å². The summed E-state index contributed by atoms with van der Waals surface area (Å²) in [4.78, 5) is 30.4. The van der Waals surface area contributed by atoms with Gasteiger partial charge in [0.15, 0.2) is 11.5 Å². The average molecular weight is 496 g/mol. The van der Waals surface area contributed by atoms with Crippen molar-refractivity contribution in [2.45, 2.75) is 45.2 Å². The maximum absolute atomic E-state index is 14.0. The van der Waals surface area contributed by atoms with Crippen LogP contribution in [0.1, 0.15) is 37.8 Å². The van der Waals surface area contributed by atoms with Gasteiger partial charge in [0, 0.05) is 19.5 Å². The molecule has 3 aliphatic heterocycles. The van der Waals surface area contributed by atoms with E-state index in [1.807, 2.05) is 32.0 Å². The number of rotatable bonds is 7. The fourth-order valence-corrected chi connectivity index (χ4v) is 5.71. The predicted molar refractivity (Wildman–Crippen MR) is 133 cm³/mol. The van der Waals surface area contributed by atoms with Gasteiger partial charge in [-0.15, -0.1) is 0 Å². The average Bonchev–Trinajstić information content (AvgIpc) is 3.09. The van der Waals surface area contributed by atoms with Crippen LogP contribution in [-0.4, -0.2) is 60.1 Å². The number of carbonyl (C=O) groups excluding carboxylic acids is 2. The Labute approximate surface area is 211 Å². The Kier molecular flexibility index (Phi) is 6.88. The number of halogens is 1. The van der Waals surface area contributed by atoms with Crippen molar-refractivity contribution in [3.05, 3.63) is 59.4 Å². The van der Waals surface area contributed by atoms with Crippen molar-refractivity contribution in [2.24, 2.45) is 11.8 Å². The van der Waals surface area contributed by atoms with Crippen molar-refractivity contribution < 1.29 is 23.5 Å². The van der Waals surface area contributed by atoms with Crippen LogP contribution in [0.4, 0.5) is 9.18 Å². The molecule has 192 valence electrons. The van der Waals surface area contributed by atoms with Crippen molar-refractivity contribution in [3.63, 3.8) is 0 Å². The van der Waals surface area contributed by atoms with Crippen LogP contribution in [-0.2, 0) is 17.8 Å². The van der Waals surface area contributed by atoms with E-state index < -0.39 is 5.54 Å². The molecule has 5 rings (SSSR count). The molecule has 3 aliphatic rings. The van der Waals surface area contributed by atoms with Crippen LogP contribution in [0.15, 0.2) is 42.5 Å². The molecule has 36 heavy (non-hydrogen) atoms. The van der Waals surface area contributed by atoms with Crippen LogP contribution >= 0.6 is 0 Å². The lowest BCUT2D eigenvalue weighted by Crippen LogP contribution is -2.57. The molecule has 0 bridgehead atoms. The Hall–Kier alpha value is -3.13. The van der Waals surface area contributed by atoms with E-state index in [-0.39, 0.29) is 36.0 Å². The van der Waals surface area contributed by atoms with Gasteiger partial charge in [0.1, 0.15) is 24.6 Å². The number of piperidine rings is 1. The quantitative estimate of drug-likeness (QED) is 0.588. The maximum Gasteiger partial charge on any atom is 0.325 e. The molecule has 8 heteroatoms. The number of urea groups is 1. The summed E-state index contributed by atoms with van der Waals surface area (Å²) in [6.45, 7) is 7.87. The van der Waals surface area contributed by atoms with Gasteiger partial charge in [-0.05, 0) is 73.2 Å². The Bertz CT molecular complexity index is 1130. The smallest absolute Gasteiger partial charge is 0.325 e. The highest BCUT2D eigenvalue weighted by atomic mass is 19.1. The number of likely N-dealkylation sites (tertiary alicyclic amines) is 1. The van der Waals surface area contributed by atoms with E-state index in [2.05, 4.69) is 16.3 Å². The van der Waals surface area contributed by atoms with Gasteiger partial charge >= 0.3 is 6.03 Å². The number of hydrogen-bond acceptors (Lipinski definition) is 5. The molecule has 1 atom stereocenters.